The summed E-state index contributed by atoms with van der Waals surface area (Å²) in [5.41, 5.74) is 2.64. The number of hydrogen-bond acceptors (Lipinski definition) is 2. The molecule has 1 fully saturated rings. The number of aromatic nitrogens is 2. The van der Waals surface area contributed by atoms with E-state index < -0.39 is 0 Å². The topological polar surface area (TPSA) is 45.8 Å². The first-order valence-electron chi connectivity index (χ1n) is 7.62. The van der Waals surface area contributed by atoms with Gasteiger partial charge < -0.3 is 4.79 Å². The van der Waals surface area contributed by atoms with Crippen LogP contribution in [0.1, 0.15) is 77.1 Å². The van der Waals surface area contributed by atoms with Crippen molar-refractivity contribution in [3.63, 3.8) is 0 Å². The quantitative estimate of drug-likeness (QED) is 0.872. The van der Waals surface area contributed by atoms with Gasteiger partial charge in [-0.3, -0.25) is 5.10 Å². The molecule has 2 rings (SSSR count). The Labute approximate surface area is 118 Å². The fraction of sp³-hybridized carbons (Fsp3) is 0.750. The maximum Gasteiger partial charge on any atom is 0.106 e. The van der Waals surface area contributed by atoms with Crippen LogP contribution in [-0.2, 0) is 11.2 Å². The van der Waals surface area contributed by atoms with Gasteiger partial charge in [0.25, 0.3) is 0 Å². The van der Waals surface area contributed by atoms with Crippen molar-refractivity contribution in [1.82, 2.24) is 10.2 Å². The van der Waals surface area contributed by atoms with Gasteiger partial charge in [-0.05, 0) is 37.7 Å². The van der Waals surface area contributed by atoms with E-state index in [1.54, 1.807) is 0 Å². The van der Waals surface area contributed by atoms with Gasteiger partial charge in [0, 0.05) is 11.6 Å². The molecule has 1 aromatic rings. The Morgan fingerprint density at radius 3 is 2.58 bits per heavy atom. The van der Waals surface area contributed by atoms with E-state index in [4.69, 9.17) is 4.79 Å². The standard InChI is InChI=1S/C13H22N2.C2H6.CH2O/c1-3-4-5-12-9-13(15-14-12)11-7-6-10(2)8-11;2*1-2/h9-11H,3-8H2,1-2H3,(H,14,15);1-2H3;1H2. The number of nitrogens with zero attached hydrogens (tertiary/aromatic N) is 1. The van der Waals surface area contributed by atoms with Crippen molar-refractivity contribution in [3.8, 4) is 0 Å². The first-order valence-corrected chi connectivity index (χ1v) is 7.62. The SMILES string of the molecule is C=O.CC.CCCCc1cc(C2CCC(C)C2)n[nH]1. The molecule has 1 heterocycles. The third-order valence-corrected chi connectivity index (χ3v) is 3.56. The Kier molecular flexibility index (Phi) is 10.1. The van der Waals surface area contributed by atoms with Gasteiger partial charge in [-0.25, -0.2) is 0 Å². The average Bonchev–Trinajstić information content (AvgIpc) is 3.09. The van der Waals surface area contributed by atoms with Crippen molar-refractivity contribution in [2.75, 3.05) is 0 Å². The lowest BCUT2D eigenvalue weighted by Gasteiger charge is -2.03. The molecular weight excluding hydrogens is 236 g/mol. The molecule has 0 saturated heterocycles. The van der Waals surface area contributed by atoms with Gasteiger partial charge in [0.2, 0.25) is 0 Å². The normalized spacial score (nSPS) is 21.1. The number of hydrogen-bond donors (Lipinski definition) is 1. The highest BCUT2D eigenvalue weighted by Crippen LogP contribution is 2.37. The Bertz CT molecular complexity index is 322. The van der Waals surface area contributed by atoms with Crippen LogP contribution in [0.25, 0.3) is 0 Å². The number of nitrogens with one attached hydrogen (secondary N) is 1. The van der Waals surface area contributed by atoms with E-state index in [9.17, 15) is 0 Å². The van der Waals surface area contributed by atoms with E-state index in [2.05, 4.69) is 30.1 Å². The third kappa shape index (κ3) is 6.04. The molecule has 1 saturated carbocycles. The zero-order valence-corrected chi connectivity index (χ0v) is 13.0. The molecule has 0 amide bonds. The number of carbonyl (C=O) groups is 1. The van der Waals surface area contributed by atoms with Crippen LogP contribution in [0.15, 0.2) is 6.07 Å². The third-order valence-electron chi connectivity index (χ3n) is 3.56. The molecule has 3 nitrogen and oxygen atoms in total. The van der Waals surface area contributed by atoms with E-state index in [1.165, 1.54) is 43.5 Å². The summed E-state index contributed by atoms with van der Waals surface area (Å²) in [5.74, 6) is 1.62. The summed E-state index contributed by atoms with van der Waals surface area (Å²) in [6, 6.07) is 2.29. The Balaban J connectivity index is 0.000000741. The number of carbonyl (C=O) groups excluding carboxylic acids is 1. The molecule has 1 aliphatic carbocycles. The van der Waals surface area contributed by atoms with Crippen molar-refractivity contribution < 1.29 is 4.79 Å². The molecule has 0 bridgehead atoms. The number of aromatic amines is 1. The van der Waals surface area contributed by atoms with E-state index in [-0.39, 0.29) is 0 Å². The van der Waals surface area contributed by atoms with Gasteiger partial charge in [0.15, 0.2) is 0 Å². The second-order valence-electron chi connectivity index (χ2n) is 5.04. The molecule has 3 heteroatoms. The van der Waals surface area contributed by atoms with Gasteiger partial charge in [-0.2, -0.15) is 5.10 Å². The van der Waals surface area contributed by atoms with E-state index in [0.29, 0.717) is 0 Å². The highest BCUT2D eigenvalue weighted by molar-refractivity contribution is 5.14. The number of rotatable bonds is 4. The molecule has 19 heavy (non-hydrogen) atoms. The largest absolute Gasteiger partial charge is 0.307 e. The first kappa shape index (κ1) is 17.9. The van der Waals surface area contributed by atoms with Crippen LogP contribution in [0, 0.1) is 5.92 Å². The van der Waals surface area contributed by atoms with Crippen molar-refractivity contribution in [1.29, 1.82) is 0 Å². The van der Waals surface area contributed by atoms with Crippen molar-refractivity contribution in [2.45, 2.75) is 72.1 Å². The van der Waals surface area contributed by atoms with Gasteiger partial charge in [-0.1, -0.05) is 40.5 Å². The summed E-state index contributed by atoms with van der Waals surface area (Å²) in [5, 5.41) is 7.64. The molecule has 0 aromatic carbocycles. The number of unbranched alkanes of at least 4 members (excludes halogenated alkanes) is 1. The Morgan fingerprint density at radius 2 is 2.05 bits per heavy atom. The van der Waals surface area contributed by atoms with Gasteiger partial charge in [0.1, 0.15) is 6.79 Å². The highest BCUT2D eigenvalue weighted by Gasteiger charge is 2.24. The summed E-state index contributed by atoms with van der Waals surface area (Å²) in [7, 11) is 0. The number of H-pyrrole nitrogens is 1. The van der Waals surface area contributed by atoms with Crippen LogP contribution < -0.4 is 0 Å². The maximum atomic E-state index is 8.00. The average molecular weight is 266 g/mol. The van der Waals surface area contributed by atoms with Crippen molar-refractivity contribution in [2.24, 2.45) is 5.92 Å². The minimum absolute atomic E-state index is 0.728. The van der Waals surface area contributed by atoms with Crippen LogP contribution in [0.4, 0.5) is 0 Å². The zero-order chi connectivity index (χ0) is 14.7. The smallest absolute Gasteiger partial charge is 0.106 e. The van der Waals surface area contributed by atoms with Crippen molar-refractivity contribution >= 4 is 6.79 Å². The van der Waals surface area contributed by atoms with E-state index >= 15 is 0 Å². The van der Waals surface area contributed by atoms with Crippen LogP contribution in [0.2, 0.25) is 0 Å². The van der Waals surface area contributed by atoms with Crippen molar-refractivity contribution in [3.05, 3.63) is 17.5 Å². The maximum absolute atomic E-state index is 8.00. The van der Waals surface area contributed by atoms with Crippen LogP contribution >= 0.6 is 0 Å². The molecule has 1 aliphatic rings. The second-order valence-corrected chi connectivity index (χ2v) is 5.04. The molecule has 2 unspecified atom stereocenters. The van der Waals surface area contributed by atoms with Crippen LogP contribution in [-0.4, -0.2) is 17.0 Å². The molecule has 2 atom stereocenters. The molecule has 0 aliphatic heterocycles. The molecule has 110 valence electrons. The van der Waals surface area contributed by atoms with Gasteiger partial charge in [-0.15, -0.1) is 0 Å². The van der Waals surface area contributed by atoms with Crippen LogP contribution in [0.3, 0.4) is 0 Å². The molecule has 1 N–H and O–H groups in total. The summed E-state index contributed by atoms with van der Waals surface area (Å²) >= 11 is 0. The lowest BCUT2D eigenvalue weighted by molar-refractivity contribution is -0.0979. The molecule has 0 radical (unpaired) electrons. The van der Waals surface area contributed by atoms with Gasteiger partial charge in [0.05, 0.1) is 5.69 Å². The highest BCUT2D eigenvalue weighted by atomic mass is 16.1. The molecule has 1 aromatic heterocycles. The minimum atomic E-state index is 0.728. The van der Waals surface area contributed by atoms with E-state index in [1.807, 2.05) is 20.6 Å². The first-order chi connectivity index (χ1) is 9.29. The predicted molar refractivity (Wildman–Crippen MR) is 81.4 cm³/mol. The Hall–Kier alpha value is -1.12. The van der Waals surface area contributed by atoms with E-state index in [0.717, 1.165) is 18.3 Å². The summed E-state index contributed by atoms with van der Waals surface area (Å²) in [6.07, 6.45) is 7.72. The summed E-state index contributed by atoms with van der Waals surface area (Å²) in [6.45, 7) is 10.6. The molecule has 0 spiro atoms. The zero-order valence-electron chi connectivity index (χ0n) is 13.0. The van der Waals surface area contributed by atoms with Crippen LogP contribution in [0.5, 0.6) is 0 Å². The second kappa shape index (κ2) is 10.8. The molecular formula is C16H30N2O. The lowest BCUT2D eigenvalue weighted by Crippen LogP contribution is -1.93. The summed E-state index contributed by atoms with van der Waals surface area (Å²) < 4.78 is 0. The predicted octanol–water partition coefficient (Wildman–Crippen LogP) is 4.50. The van der Waals surface area contributed by atoms with Gasteiger partial charge >= 0.3 is 0 Å². The summed E-state index contributed by atoms with van der Waals surface area (Å²) in [4.78, 5) is 8.00. The fourth-order valence-electron chi connectivity index (χ4n) is 2.56. The monoisotopic (exact) mass is 266 g/mol. The lowest BCUT2D eigenvalue weighted by atomic mass is 10.0. The minimum Gasteiger partial charge on any atom is -0.307 e. The Morgan fingerprint density at radius 1 is 1.37 bits per heavy atom. The number of aryl methyl sites for hydroxylation is 1. The fourth-order valence-corrected chi connectivity index (χ4v) is 2.56.